The summed E-state index contributed by atoms with van der Waals surface area (Å²) in [6.07, 6.45) is 5.81. The smallest absolute Gasteiger partial charge is 0.227 e. The number of carbonyl (C=O) groups is 1. The van der Waals surface area contributed by atoms with Gasteiger partial charge in [0.1, 0.15) is 10.1 Å². The van der Waals surface area contributed by atoms with E-state index >= 15 is 0 Å². The maximum Gasteiger partial charge on any atom is 0.227 e. The van der Waals surface area contributed by atoms with Crippen LogP contribution in [0, 0.1) is 0 Å². The second kappa shape index (κ2) is 9.82. The summed E-state index contributed by atoms with van der Waals surface area (Å²) in [6.45, 7) is 4.29. The minimum Gasteiger partial charge on any atom is -0.335 e. The van der Waals surface area contributed by atoms with Crippen LogP contribution in [0.1, 0.15) is 25.8 Å². The van der Waals surface area contributed by atoms with Crippen LogP contribution in [0.25, 0.3) is 0 Å². The summed E-state index contributed by atoms with van der Waals surface area (Å²) in [7, 11) is 0. The van der Waals surface area contributed by atoms with Crippen LogP contribution in [-0.4, -0.2) is 39.3 Å². The molecule has 0 spiro atoms. The van der Waals surface area contributed by atoms with Crippen LogP contribution in [0.5, 0.6) is 0 Å². The number of rotatable bonds is 7. The van der Waals surface area contributed by atoms with Crippen molar-refractivity contribution in [3.63, 3.8) is 0 Å². The molecular weight excluding hydrogens is 338 g/mol. The minimum absolute atomic E-state index is 0.0570. The minimum atomic E-state index is 0.0570. The van der Waals surface area contributed by atoms with Crippen molar-refractivity contribution in [3.8, 4) is 0 Å². The van der Waals surface area contributed by atoms with Gasteiger partial charge < -0.3 is 10.2 Å². The Morgan fingerprint density at radius 3 is 2.82 bits per heavy atom. The molecule has 120 valence electrons. The van der Waals surface area contributed by atoms with E-state index < -0.39 is 0 Å². The van der Waals surface area contributed by atoms with Crippen LogP contribution in [0.4, 0.5) is 0 Å². The molecule has 1 rings (SSSR count). The highest BCUT2D eigenvalue weighted by Gasteiger charge is 2.16. The lowest BCUT2D eigenvalue weighted by molar-refractivity contribution is -0.128. The average Bonchev–Trinajstić information content (AvgIpc) is 2.54. The van der Waals surface area contributed by atoms with Crippen LogP contribution in [-0.2, 0) is 4.79 Å². The number of aromatic nitrogens is 1. The number of halogens is 1. The first-order chi connectivity index (χ1) is 10.5. The number of hydrogen-bond acceptors (Lipinski definition) is 4. The van der Waals surface area contributed by atoms with Gasteiger partial charge >= 0.3 is 0 Å². The van der Waals surface area contributed by atoms with Gasteiger partial charge in [-0.05, 0) is 32.2 Å². The van der Waals surface area contributed by atoms with Crippen LogP contribution >= 0.6 is 35.6 Å². The summed E-state index contributed by atoms with van der Waals surface area (Å²) in [5.74, 6) is 0.850. The van der Waals surface area contributed by atoms with Crippen molar-refractivity contribution in [2.45, 2.75) is 20.3 Å². The molecule has 0 unspecified atom stereocenters. The highest BCUT2D eigenvalue weighted by atomic mass is 35.5. The van der Waals surface area contributed by atoms with Gasteiger partial charge in [-0.3, -0.25) is 9.78 Å². The van der Waals surface area contributed by atoms with Gasteiger partial charge in [0, 0.05) is 36.7 Å². The van der Waals surface area contributed by atoms with E-state index in [9.17, 15) is 4.79 Å². The lowest BCUT2D eigenvalue weighted by Crippen LogP contribution is -2.32. The second-order valence-corrected chi connectivity index (χ2v) is 6.25. The Labute approximate surface area is 146 Å². The van der Waals surface area contributed by atoms with Crippen molar-refractivity contribution >= 4 is 46.5 Å². The van der Waals surface area contributed by atoms with Gasteiger partial charge in [-0.1, -0.05) is 23.8 Å². The summed E-state index contributed by atoms with van der Waals surface area (Å²) in [4.78, 5) is 18.3. The summed E-state index contributed by atoms with van der Waals surface area (Å²) in [5.41, 5.74) is 1.45. The lowest BCUT2D eigenvalue weighted by atomic mass is 10.3. The Bertz CT molecular complexity index is 549. The van der Waals surface area contributed by atoms with Gasteiger partial charge in [-0.15, -0.1) is 0 Å². The van der Waals surface area contributed by atoms with Crippen molar-refractivity contribution in [1.82, 2.24) is 15.2 Å². The fraction of sp³-hybridized carbons (Fsp3) is 0.400. The number of nitrogens with one attached hydrogen (secondary N) is 1. The Hall–Kier alpha value is -1.11. The molecule has 0 bridgehead atoms. The third-order valence-electron chi connectivity index (χ3n) is 3.01. The van der Waals surface area contributed by atoms with Crippen LogP contribution in [0.15, 0.2) is 35.4 Å². The van der Waals surface area contributed by atoms with E-state index in [1.165, 1.54) is 0 Å². The SMILES string of the molecule is CCN(C(=O)CCSC)/C(C)=C(\Cl)NC(=S)c1cccnc1. The highest BCUT2D eigenvalue weighted by molar-refractivity contribution is 7.98. The Kier molecular flexibility index (Phi) is 8.45. The summed E-state index contributed by atoms with van der Waals surface area (Å²) >= 11 is 13.2. The maximum atomic E-state index is 12.2. The molecule has 1 amide bonds. The molecule has 0 aliphatic heterocycles. The van der Waals surface area contributed by atoms with E-state index in [2.05, 4.69) is 10.3 Å². The number of amides is 1. The predicted molar refractivity (Wildman–Crippen MR) is 98.0 cm³/mol. The molecular formula is C15H20ClN3OS2. The summed E-state index contributed by atoms with van der Waals surface area (Å²) in [5, 5.41) is 3.31. The quantitative estimate of drug-likeness (QED) is 0.598. The number of thiocarbonyl (C=S) groups is 1. The van der Waals surface area contributed by atoms with Crippen molar-refractivity contribution in [2.24, 2.45) is 0 Å². The normalized spacial score (nSPS) is 11.6. The van der Waals surface area contributed by atoms with E-state index in [1.54, 1.807) is 35.1 Å². The summed E-state index contributed by atoms with van der Waals surface area (Å²) in [6, 6.07) is 3.65. The zero-order chi connectivity index (χ0) is 16.5. The molecule has 1 aromatic rings. The molecule has 1 N–H and O–H groups in total. The largest absolute Gasteiger partial charge is 0.335 e. The molecule has 4 nitrogen and oxygen atoms in total. The van der Waals surface area contributed by atoms with E-state index in [0.717, 1.165) is 11.3 Å². The number of hydrogen-bond donors (Lipinski definition) is 1. The molecule has 0 saturated heterocycles. The Balaban J connectivity index is 2.81. The molecule has 7 heteroatoms. The van der Waals surface area contributed by atoms with Crippen molar-refractivity contribution in [3.05, 3.63) is 40.9 Å². The number of thioether (sulfide) groups is 1. The number of allylic oxidation sites excluding steroid dienone is 1. The standard InChI is InChI=1S/C15H20ClN3OS2/c1-4-19(13(20)7-9-22-3)11(2)14(16)18-15(21)12-6-5-8-17-10-12/h5-6,8,10H,4,7,9H2,1-3H3,(H,18,21)/b14-11+. The molecule has 0 aliphatic carbocycles. The van der Waals surface area contributed by atoms with Gasteiger partial charge in [0.25, 0.3) is 0 Å². The van der Waals surface area contributed by atoms with E-state index in [0.29, 0.717) is 28.8 Å². The zero-order valence-corrected chi connectivity index (χ0v) is 15.3. The second-order valence-electron chi connectivity index (χ2n) is 4.48. The van der Waals surface area contributed by atoms with Gasteiger partial charge in [0.05, 0.1) is 5.70 Å². The van der Waals surface area contributed by atoms with Crippen LogP contribution < -0.4 is 5.32 Å². The number of nitrogens with zero attached hydrogens (tertiary/aromatic N) is 2. The number of pyridine rings is 1. The van der Waals surface area contributed by atoms with Gasteiger partial charge in [0.15, 0.2) is 0 Å². The first-order valence-corrected chi connectivity index (χ1v) is 9.06. The molecule has 0 fully saturated rings. The maximum absolute atomic E-state index is 12.2. The average molecular weight is 358 g/mol. The van der Waals surface area contributed by atoms with Crippen molar-refractivity contribution in [2.75, 3.05) is 18.6 Å². The van der Waals surface area contributed by atoms with Crippen LogP contribution in [0.2, 0.25) is 0 Å². The van der Waals surface area contributed by atoms with Gasteiger partial charge in [-0.25, -0.2) is 0 Å². The molecule has 0 aliphatic rings. The lowest BCUT2D eigenvalue weighted by Gasteiger charge is -2.23. The zero-order valence-electron chi connectivity index (χ0n) is 12.9. The molecule has 1 aromatic heterocycles. The first-order valence-electron chi connectivity index (χ1n) is 6.88. The highest BCUT2D eigenvalue weighted by Crippen LogP contribution is 2.14. The van der Waals surface area contributed by atoms with Crippen LogP contribution in [0.3, 0.4) is 0 Å². The van der Waals surface area contributed by atoms with Gasteiger partial charge in [0.2, 0.25) is 5.91 Å². The molecule has 0 atom stereocenters. The third-order valence-corrected chi connectivity index (χ3v) is 4.32. The van der Waals surface area contributed by atoms with E-state index in [1.807, 2.05) is 26.2 Å². The Morgan fingerprint density at radius 1 is 1.55 bits per heavy atom. The molecule has 1 heterocycles. The van der Waals surface area contributed by atoms with Crippen molar-refractivity contribution in [1.29, 1.82) is 0 Å². The van der Waals surface area contributed by atoms with Gasteiger partial charge in [-0.2, -0.15) is 11.8 Å². The predicted octanol–water partition coefficient (Wildman–Crippen LogP) is 3.38. The first kappa shape index (κ1) is 18.9. The van der Waals surface area contributed by atoms with E-state index in [4.69, 9.17) is 23.8 Å². The van der Waals surface area contributed by atoms with E-state index in [-0.39, 0.29) is 5.91 Å². The third kappa shape index (κ3) is 5.59. The summed E-state index contributed by atoms with van der Waals surface area (Å²) < 4.78 is 0. The topological polar surface area (TPSA) is 45.2 Å². The Morgan fingerprint density at radius 2 is 2.27 bits per heavy atom. The fourth-order valence-corrected chi connectivity index (χ4v) is 2.66. The molecule has 0 saturated carbocycles. The fourth-order valence-electron chi connectivity index (χ4n) is 1.80. The molecule has 0 aromatic carbocycles. The number of carbonyl (C=O) groups excluding carboxylic acids is 1. The molecule has 0 radical (unpaired) electrons. The monoisotopic (exact) mass is 357 g/mol. The molecule has 22 heavy (non-hydrogen) atoms. The van der Waals surface area contributed by atoms with Crippen molar-refractivity contribution < 1.29 is 4.79 Å².